The van der Waals surface area contributed by atoms with Gasteiger partial charge < -0.3 is 4.74 Å². The quantitative estimate of drug-likeness (QED) is 0.702. The van der Waals surface area contributed by atoms with Gasteiger partial charge in [0, 0.05) is 18.2 Å². The summed E-state index contributed by atoms with van der Waals surface area (Å²) in [6.07, 6.45) is 0.745. The average molecular weight is 336 g/mol. The average Bonchev–Trinajstić information content (AvgIpc) is 2.70. The molecule has 0 radical (unpaired) electrons. The molecule has 4 nitrogen and oxygen atoms in total. The molecule has 3 aromatic rings. The van der Waals surface area contributed by atoms with Crippen molar-refractivity contribution in [1.29, 1.82) is 0 Å². The summed E-state index contributed by atoms with van der Waals surface area (Å²) in [5.41, 5.74) is 2.87. The van der Waals surface area contributed by atoms with Gasteiger partial charge in [-0.15, -0.1) is 0 Å². The van der Waals surface area contributed by atoms with Crippen LogP contribution in [0.1, 0.15) is 19.4 Å². The van der Waals surface area contributed by atoms with Crippen molar-refractivity contribution >= 4 is 0 Å². The number of aryl methyl sites for hydroxylation is 2. The molecule has 2 aromatic carbocycles. The number of benzene rings is 2. The van der Waals surface area contributed by atoms with E-state index in [0.717, 1.165) is 29.0 Å². The van der Waals surface area contributed by atoms with Crippen molar-refractivity contribution in [2.75, 3.05) is 7.11 Å². The summed E-state index contributed by atoms with van der Waals surface area (Å²) in [6.45, 7) is 4.55. The zero-order valence-corrected chi connectivity index (χ0v) is 15.0. The first-order valence-electron chi connectivity index (χ1n) is 8.53. The van der Waals surface area contributed by atoms with Gasteiger partial charge in [0.15, 0.2) is 0 Å². The molecule has 0 unspecified atom stereocenters. The maximum absolute atomic E-state index is 12.0. The normalized spacial score (nSPS) is 9.88. The summed E-state index contributed by atoms with van der Waals surface area (Å²) in [5.74, 6) is 0.829. The van der Waals surface area contributed by atoms with Crippen LogP contribution in [-0.2, 0) is 13.0 Å². The zero-order chi connectivity index (χ0) is 18.1. The minimum atomic E-state index is -0.0850. The lowest BCUT2D eigenvalue weighted by atomic mass is 10.1. The van der Waals surface area contributed by atoms with Gasteiger partial charge in [0.25, 0.3) is 5.56 Å². The Bertz CT molecular complexity index is 825. The smallest absolute Gasteiger partial charge is 0.266 e. The van der Waals surface area contributed by atoms with Crippen molar-refractivity contribution < 1.29 is 4.74 Å². The molecule has 0 fully saturated rings. The van der Waals surface area contributed by atoms with Crippen LogP contribution in [0.4, 0.5) is 0 Å². The lowest BCUT2D eigenvalue weighted by molar-refractivity contribution is 0.414. The first kappa shape index (κ1) is 18.5. The van der Waals surface area contributed by atoms with E-state index in [1.165, 1.54) is 4.68 Å². The van der Waals surface area contributed by atoms with Gasteiger partial charge in [-0.05, 0) is 30.2 Å². The molecular formula is C21H24N2O2. The van der Waals surface area contributed by atoms with E-state index in [2.05, 4.69) is 5.10 Å². The monoisotopic (exact) mass is 336 g/mol. The number of rotatable bonds is 5. The van der Waals surface area contributed by atoms with E-state index in [9.17, 15) is 4.79 Å². The van der Waals surface area contributed by atoms with Gasteiger partial charge in [0.05, 0.1) is 12.8 Å². The Balaban J connectivity index is 0.00000109. The summed E-state index contributed by atoms with van der Waals surface area (Å²) in [7, 11) is 1.65. The number of methoxy groups -OCH3 is 1. The molecule has 0 N–H and O–H groups in total. The van der Waals surface area contributed by atoms with Gasteiger partial charge in [0.1, 0.15) is 5.75 Å². The number of nitrogens with zero attached hydrogens (tertiary/aromatic N) is 2. The van der Waals surface area contributed by atoms with Crippen LogP contribution >= 0.6 is 0 Å². The minimum Gasteiger partial charge on any atom is -0.497 e. The fraction of sp³-hybridized carbons (Fsp3) is 0.238. The van der Waals surface area contributed by atoms with Crippen LogP contribution < -0.4 is 10.3 Å². The minimum absolute atomic E-state index is 0.0850. The second-order valence-corrected chi connectivity index (χ2v) is 5.24. The van der Waals surface area contributed by atoms with Crippen molar-refractivity contribution in [2.45, 2.75) is 26.8 Å². The lowest BCUT2D eigenvalue weighted by Gasteiger charge is -2.08. The van der Waals surface area contributed by atoms with Gasteiger partial charge in [-0.3, -0.25) is 4.79 Å². The van der Waals surface area contributed by atoms with Crippen LogP contribution in [0.5, 0.6) is 5.75 Å². The highest BCUT2D eigenvalue weighted by Gasteiger charge is 2.04. The third-order valence-corrected chi connectivity index (χ3v) is 3.71. The molecule has 0 aliphatic heterocycles. The highest BCUT2D eigenvalue weighted by atomic mass is 16.5. The summed E-state index contributed by atoms with van der Waals surface area (Å²) >= 11 is 0. The topological polar surface area (TPSA) is 44.1 Å². The molecule has 25 heavy (non-hydrogen) atoms. The summed E-state index contributed by atoms with van der Waals surface area (Å²) in [5, 5.41) is 4.47. The van der Waals surface area contributed by atoms with Crippen molar-refractivity contribution in [3.05, 3.63) is 82.6 Å². The van der Waals surface area contributed by atoms with Crippen LogP contribution in [0.3, 0.4) is 0 Å². The van der Waals surface area contributed by atoms with Gasteiger partial charge in [-0.2, -0.15) is 5.10 Å². The van der Waals surface area contributed by atoms with Gasteiger partial charge in [-0.25, -0.2) is 4.68 Å². The van der Waals surface area contributed by atoms with Crippen molar-refractivity contribution in [1.82, 2.24) is 9.78 Å². The Morgan fingerprint density at radius 2 is 1.60 bits per heavy atom. The third kappa shape index (κ3) is 5.05. The molecule has 0 bridgehead atoms. The van der Waals surface area contributed by atoms with Crippen molar-refractivity contribution in [2.24, 2.45) is 0 Å². The number of hydrogen-bond donors (Lipinski definition) is 0. The molecule has 0 saturated heterocycles. The fourth-order valence-electron chi connectivity index (χ4n) is 2.40. The van der Waals surface area contributed by atoms with Crippen LogP contribution in [0.2, 0.25) is 0 Å². The third-order valence-electron chi connectivity index (χ3n) is 3.71. The predicted octanol–water partition coefficient (Wildman–Crippen LogP) is 4.19. The van der Waals surface area contributed by atoms with E-state index in [1.807, 2.05) is 68.4 Å². The van der Waals surface area contributed by atoms with E-state index in [4.69, 9.17) is 4.74 Å². The Kier molecular flexibility index (Phi) is 6.96. The Labute approximate surface area is 148 Å². The van der Waals surface area contributed by atoms with E-state index in [-0.39, 0.29) is 5.56 Å². The summed E-state index contributed by atoms with van der Waals surface area (Å²) in [6, 6.07) is 21.1. The van der Waals surface area contributed by atoms with Gasteiger partial charge >= 0.3 is 0 Å². The molecule has 0 aliphatic carbocycles. The Morgan fingerprint density at radius 1 is 0.920 bits per heavy atom. The molecule has 1 heterocycles. The van der Waals surface area contributed by atoms with E-state index >= 15 is 0 Å². The Morgan fingerprint density at radius 3 is 2.24 bits per heavy atom. The molecular weight excluding hydrogens is 312 g/mol. The van der Waals surface area contributed by atoms with E-state index in [1.54, 1.807) is 19.2 Å². The largest absolute Gasteiger partial charge is 0.497 e. The molecule has 0 spiro atoms. The maximum atomic E-state index is 12.0. The van der Waals surface area contributed by atoms with Crippen LogP contribution in [0.15, 0.2) is 71.5 Å². The summed E-state index contributed by atoms with van der Waals surface area (Å²) in [4.78, 5) is 12.0. The van der Waals surface area contributed by atoms with Crippen molar-refractivity contribution in [3.8, 4) is 17.0 Å². The van der Waals surface area contributed by atoms with Crippen LogP contribution in [-0.4, -0.2) is 16.9 Å². The molecule has 0 saturated carbocycles. The first-order chi connectivity index (χ1) is 12.3. The highest BCUT2D eigenvalue weighted by molar-refractivity contribution is 5.57. The fourth-order valence-corrected chi connectivity index (χ4v) is 2.40. The molecule has 0 aliphatic rings. The lowest BCUT2D eigenvalue weighted by Crippen LogP contribution is -2.23. The molecule has 4 heteroatoms. The summed E-state index contributed by atoms with van der Waals surface area (Å²) < 4.78 is 6.67. The van der Waals surface area contributed by atoms with Crippen LogP contribution in [0, 0.1) is 0 Å². The number of aromatic nitrogens is 2. The first-order valence-corrected chi connectivity index (χ1v) is 8.53. The zero-order valence-electron chi connectivity index (χ0n) is 15.0. The molecule has 0 atom stereocenters. The van der Waals surface area contributed by atoms with E-state index < -0.39 is 0 Å². The van der Waals surface area contributed by atoms with E-state index in [0.29, 0.717) is 6.54 Å². The SMILES string of the molecule is CC.COc1ccc(CCn2nc(-c3ccccc3)ccc2=O)cc1. The molecule has 3 rings (SSSR count). The maximum Gasteiger partial charge on any atom is 0.266 e. The standard InChI is InChI=1S/C19H18N2O2.C2H6/c1-23-17-9-7-15(8-10-17)13-14-21-19(22)12-11-18(20-21)16-5-3-2-4-6-16;1-2/h2-12H,13-14H2,1H3;1-2H3. The van der Waals surface area contributed by atoms with Gasteiger partial charge in [0.2, 0.25) is 0 Å². The molecule has 0 amide bonds. The number of hydrogen-bond acceptors (Lipinski definition) is 3. The second-order valence-electron chi connectivity index (χ2n) is 5.24. The molecule has 130 valence electrons. The predicted molar refractivity (Wildman–Crippen MR) is 102 cm³/mol. The highest BCUT2D eigenvalue weighted by Crippen LogP contribution is 2.15. The number of ether oxygens (including phenoxy) is 1. The Hall–Kier alpha value is -2.88. The molecule has 1 aromatic heterocycles. The second kappa shape index (κ2) is 9.42. The van der Waals surface area contributed by atoms with Crippen LogP contribution in [0.25, 0.3) is 11.3 Å². The van der Waals surface area contributed by atoms with Crippen molar-refractivity contribution in [3.63, 3.8) is 0 Å². The van der Waals surface area contributed by atoms with Gasteiger partial charge in [-0.1, -0.05) is 56.3 Å².